The van der Waals surface area contributed by atoms with Crippen LogP contribution in [0, 0.1) is 5.92 Å². The number of carbonyl (C=O) groups excluding carboxylic acids is 3. The molecule has 1 aliphatic carbocycles. The molecular weight excluding hydrogens is 456 g/mol. The maximum Gasteiger partial charge on any atom is 0.242 e. The number of amides is 2. The van der Waals surface area contributed by atoms with E-state index in [0.29, 0.717) is 25.1 Å². The van der Waals surface area contributed by atoms with E-state index in [1.165, 1.54) is 12.5 Å². The lowest BCUT2D eigenvalue weighted by Gasteiger charge is -2.23. The predicted octanol–water partition coefficient (Wildman–Crippen LogP) is 4.64. The molecular formula is C29H34N2O3S. The molecule has 35 heavy (non-hydrogen) atoms. The molecule has 2 unspecified atom stereocenters. The zero-order chi connectivity index (χ0) is 24.9. The number of hydrogen-bond acceptors (Lipinski definition) is 4. The Kier molecular flexibility index (Phi) is 10.8. The summed E-state index contributed by atoms with van der Waals surface area (Å²) in [4.78, 5) is 38.1. The highest BCUT2D eigenvalue weighted by molar-refractivity contribution is 8.13. The zero-order valence-electron chi connectivity index (χ0n) is 20.2. The fraction of sp³-hybridized carbons (Fsp3) is 0.345. The molecule has 2 atom stereocenters. The second-order valence-corrected chi connectivity index (χ2v) is 9.94. The van der Waals surface area contributed by atoms with Crippen molar-refractivity contribution in [1.82, 2.24) is 10.6 Å². The molecule has 0 heterocycles. The summed E-state index contributed by atoms with van der Waals surface area (Å²) in [5, 5.41) is 5.97. The van der Waals surface area contributed by atoms with Gasteiger partial charge in [-0.05, 0) is 36.8 Å². The van der Waals surface area contributed by atoms with Crippen molar-refractivity contribution in [3.63, 3.8) is 0 Å². The molecule has 0 saturated heterocycles. The highest BCUT2D eigenvalue weighted by atomic mass is 32.2. The van der Waals surface area contributed by atoms with Crippen LogP contribution < -0.4 is 10.6 Å². The van der Waals surface area contributed by atoms with Gasteiger partial charge in [0.15, 0.2) is 5.12 Å². The summed E-state index contributed by atoms with van der Waals surface area (Å²) in [6.07, 6.45) is 10.2. The Morgan fingerprint density at radius 2 is 1.54 bits per heavy atom. The van der Waals surface area contributed by atoms with Crippen molar-refractivity contribution >= 4 is 28.7 Å². The van der Waals surface area contributed by atoms with E-state index in [4.69, 9.17) is 0 Å². The largest absolute Gasteiger partial charge is 0.354 e. The Bertz CT molecular complexity index is 1030. The van der Waals surface area contributed by atoms with E-state index >= 15 is 0 Å². The van der Waals surface area contributed by atoms with Crippen LogP contribution in [0.5, 0.6) is 0 Å². The van der Waals surface area contributed by atoms with Crippen molar-refractivity contribution < 1.29 is 14.4 Å². The molecule has 2 N–H and O–H groups in total. The maximum atomic E-state index is 13.4. The molecule has 2 amide bonds. The van der Waals surface area contributed by atoms with Crippen molar-refractivity contribution in [2.45, 2.75) is 45.1 Å². The molecule has 5 nitrogen and oxygen atoms in total. The molecule has 0 aromatic heterocycles. The SMILES string of the molecule is CC(=O)SCC(Cc1ccccc1)C(=O)NC(Cc1ccccc1)C(=O)NCCC1=CCCC=C1. The van der Waals surface area contributed by atoms with E-state index < -0.39 is 12.0 Å². The first-order valence-electron chi connectivity index (χ1n) is 12.2. The number of allylic oxidation sites excluding steroid dienone is 3. The second-order valence-electron chi connectivity index (χ2n) is 8.74. The lowest BCUT2D eigenvalue weighted by atomic mass is 9.98. The van der Waals surface area contributed by atoms with E-state index in [0.717, 1.165) is 42.2 Å². The standard InChI is InChI=1S/C29H34N2O3S/c1-22(32)35-21-26(19-24-13-7-3-8-14-24)28(33)31-27(20-25-15-9-4-10-16-25)29(34)30-18-17-23-11-5-2-6-12-23/h3-5,7-16,26-27H,2,6,17-21H2,1H3,(H,30,34)(H,31,33). The van der Waals surface area contributed by atoms with Crippen LogP contribution in [-0.4, -0.2) is 35.3 Å². The summed E-state index contributed by atoms with van der Waals surface area (Å²) in [5.74, 6) is -0.456. The van der Waals surface area contributed by atoms with Gasteiger partial charge in [-0.25, -0.2) is 0 Å². The minimum absolute atomic E-state index is 0.0273. The minimum Gasteiger partial charge on any atom is -0.354 e. The molecule has 2 aromatic carbocycles. The molecule has 1 aliphatic rings. The molecule has 6 heteroatoms. The highest BCUT2D eigenvalue weighted by Crippen LogP contribution is 2.17. The van der Waals surface area contributed by atoms with Crippen LogP contribution in [0.4, 0.5) is 0 Å². The van der Waals surface area contributed by atoms with Gasteiger partial charge in [0, 0.05) is 25.6 Å². The Morgan fingerprint density at radius 3 is 2.14 bits per heavy atom. The van der Waals surface area contributed by atoms with Crippen LogP contribution in [0.2, 0.25) is 0 Å². The van der Waals surface area contributed by atoms with E-state index in [1.807, 2.05) is 60.7 Å². The van der Waals surface area contributed by atoms with Crippen molar-refractivity contribution in [1.29, 1.82) is 0 Å². The predicted molar refractivity (Wildman–Crippen MR) is 143 cm³/mol. The van der Waals surface area contributed by atoms with Gasteiger partial charge in [-0.1, -0.05) is 96.2 Å². The van der Waals surface area contributed by atoms with E-state index in [1.54, 1.807) is 0 Å². The van der Waals surface area contributed by atoms with Gasteiger partial charge in [-0.3, -0.25) is 14.4 Å². The van der Waals surface area contributed by atoms with Crippen LogP contribution in [0.25, 0.3) is 0 Å². The van der Waals surface area contributed by atoms with Crippen molar-refractivity contribution in [2.75, 3.05) is 12.3 Å². The molecule has 3 rings (SSSR count). The Labute approximate surface area is 212 Å². The summed E-state index contributed by atoms with van der Waals surface area (Å²) in [5.41, 5.74) is 3.22. The van der Waals surface area contributed by atoms with Crippen LogP contribution in [-0.2, 0) is 27.2 Å². The number of benzene rings is 2. The van der Waals surface area contributed by atoms with Gasteiger partial charge >= 0.3 is 0 Å². The van der Waals surface area contributed by atoms with Crippen LogP contribution in [0.3, 0.4) is 0 Å². The van der Waals surface area contributed by atoms with E-state index in [-0.39, 0.29) is 16.9 Å². The summed E-state index contributed by atoms with van der Waals surface area (Å²) >= 11 is 1.14. The van der Waals surface area contributed by atoms with Crippen molar-refractivity contribution in [2.24, 2.45) is 5.92 Å². The van der Waals surface area contributed by atoms with Gasteiger partial charge < -0.3 is 10.6 Å². The van der Waals surface area contributed by atoms with Crippen LogP contribution in [0.1, 0.15) is 37.3 Å². The molecule has 0 saturated carbocycles. The Morgan fingerprint density at radius 1 is 0.886 bits per heavy atom. The van der Waals surface area contributed by atoms with Gasteiger partial charge in [0.2, 0.25) is 11.8 Å². The summed E-state index contributed by atoms with van der Waals surface area (Å²) in [7, 11) is 0. The van der Waals surface area contributed by atoms with Crippen LogP contribution in [0.15, 0.2) is 84.5 Å². The first-order valence-corrected chi connectivity index (χ1v) is 13.1. The van der Waals surface area contributed by atoms with Gasteiger partial charge in [0.1, 0.15) is 6.04 Å². The molecule has 2 aromatic rings. The molecule has 0 radical (unpaired) electrons. The molecule has 184 valence electrons. The second kappa shape index (κ2) is 14.3. The quantitative estimate of drug-likeness (QED) is 0.455. The Hall–Kier alpha value is -3.12. The molecule has 0 fully saturated rings. The number of hydrogen-bond donors (Lipinski definition) is 2. The number of thioether (sulfide) groups is 1. The molecule has 0 aliphatic heterocycles. The summed E-state index contributed by atoms with van der Waals surface area (Å²) < 4.78 is 0. The Balaban J connectivity index is 1.68. The average Bonchev–Trinajstić information content (AvgIpc) is 2.87. The molecule has 0 spiro atoms. The van der Waals surface area contributed by atoms with Crippen molar-refractivity contribution in [3.05, 3.63) is 95.6 Å². The lowest BCUT2D eigenvalue weighted by Crippen LogP contribution is -2.50. The third-order valence-electron chi connectivity index (χ3n) is 5.88. The fourth-order valence-corrected chi connectivity index (χ4v) is 4.70. The maximum absolute atomic E-state index is 13.4. The molecule has 0 bridgehead atoms. The van der Waals surface area contributed by atoms with E-state index in [2.05, 4.69) is 28.9 Å². The minimum atomic E-state index is -0.693. The smallest absolute Gasteiger partial charge is 0.242 e. The number of rotatable bonds is 12. The summed E-state index contributed by atoms with van der Waals surface area (Å²) in [6, 6.07) is 18.7. The zero-order valence-corrected chi connectivity index (χ0v) is 21.1. The monoisotopic (exact) mass is 490 g/mol. The normalized spacial score (nSPS) is 14.5. The van der Waals surface area contributed by atoms with Gasteiger partial charge in [-0.15, -0.1) is 0 Å². The lowest BCUT2D eigenvalue weighted by molar-refractivity contribution is -0.130. The third kappa shape index (κ3) is 9.57. The number of nitrogens with one attached hydrogen (secondary N) is 2. The average molecular weight is 491 g/mol. The first kappa shape index (κ1) is 26.5. The van der Waals surface area contributed by atoms with Gasteiger partial charge in [-0.2, -0.15) is 0 Å². The fourth-order valence-electron chi connectivity index (χ4n) is 4.00. The number of carbonyl (C=O) groups is 3. The van der Waals surface area contributed by atoms with Crippen LogP contribution >= 0.6 is 11.8 Å². The first-order chi connectivity index (χ1) is 17.0. The topological polar surface area (TPSA) is 75.3 Å². The van der Waals surface area contributed by atoms with Crippen molar-refractivity contribution in [3.8, 4) is 0 Å². The van der Waals surface area contributed by atoms with Gasteiger partial charge in [0.05, 0.1) is 5.92 Å². The third-order valence-corrected chi connectivity index (χ3v) is 6.86. The van der Waals surface area contributed by atoms with E-state index in [9.17, 15) is 14.4 Å². The van der Waals surface area contributed by atoms with Gasteiger partial charge in [0.25, 0.3) is 0 Å². The summed E-state index contributed by atoms with van der Waals surface area (Å²) in [6.45, 7) is 2.02. The highest BCUT2D eigenvalue weighted by Gasteiger charge is 2.26.